The second-order valence-corrected chi connectivity index (χ2v) is 7.16. The van der Waals surface area contributed by atoms with E-state index in [0.29, 0.717) is 22.7 Å². The molecule has 1 aliphatic rings. The van der Waals surface area contributed by atoms with Gasteiger partial charge in [-0.2, -0.15) is 5.10 Å². The van der Waals surface area contributed by atoms with E-state index in [1.54, 1.807) is 49.3 Å². The van der Waals surface area contributed by atoms with Gasteiger partial charge in [0.05, 0.1) is 19.9 Å². The maximum Gasteiger partial charge on any atom is 0.277 e. The minimum atomic E-state index is -0.308. The van der Waals surface area contributed by atoms with E-state index in [1.165, 1.54) is 4.57 Å². The van der Waals surface area contributed by atoms with Crippen molar-refractivity contribution in [2.45, 2.75) is 38.6 Å². The highest BCUT2D eigenvalue weighted by Crippen LogP contribution is 2.26. The van der Waals surface area contributed by atoms with Crippen LogP contribution in [-0.2, 0) is 24.2 Å². The van der Waals surface area contributed by atoms with E-state index >= 15 is 0 Å². The first-order valence-electron chi connectivity index (χ1n) is 9.71. The van der Waals surface area contributed by atoms with Gasteiger partial charge in [-0.3, -0.25) is 9.59 Å². The summed E-state index contributed by atoms with van der Waals surface area (Å²) < 4.78 is 13.5. The third-order valence-corrected chi connectivity index (χ3v) is 5.23. The van der Waals surface area contributed by atoms with Crippen molar-refractivity contribution in [3.8, 4) is 11.5 Å². The average Bonchev–Trinajstić information content (AvgIpc) is 2.91. The standard InChI is InChI=1S/C21H24N4O4/c1-28-15-10-14(11-16(12-15)29-2)22-19(26)13-24-8-9-25-20(21(24)27)17-6-4-3-5-7-18(17)23-25/h8-12H,3-7,13H2,1-2H3,(H,22,26). The molecule has 1 aliphatic carbocycles. The van der Waals surface area contributed by atoms with Gasteiger partial charge in [0.2, 0.25) is 5.91 Å². The van der Waals surface area contributed by atoms with Gasteiger partial charge >= 0.3 is 0 Å². The normalized spacial score (nSPS) is 13.6. The molecule has 2 heterocycles. The Labute approximate surface area is 168 Å². The molecular weight excluding hydrogens is 372 g/mol. The average molecular weight is 396 g/mol. The number of carbonyl (C=O) groups excluding carboxylic acids is 1. The lowest BCUT2D eigenvalue weighted by molar-refractivity contribution is -0.116. The molecule has 0 radical (unpaired) electrons. The molecule has 0 spiro atoms. The fraction of sp³-hybridized carbons (Fsp3) is 0.381. The van der Waals surface area contributed by atoms with Gasteiger partial charge < -0.3 is 19.4 Å². The zero-order chi connectivity index (χ0) is 20.4. The van der Waals surface area contributed by atoms with Gasteiger partial charge in [-0.1, -0.05) is 6.42 Å². The van der Waals surface area contributed by atoms with Crippen LogP contribution < -0.4 is 20.3 Å². The molecule has 0 fully saturated rings. The highest BCUT2D eigenvalue weighted by Gasteiger charge is 2.19. The number of carbonyl (C=O) groups is 1. The van der Waals surface area contributed by atoms with Gasteiger partial charge in [-0.15, -0.1) is 0 Å². The second kappa shape index (κ2) is 7.98. The monoisotopic (exact) mass is 396 g/mol. The van der Waals surface area contributed by atoms with Gasteiger partial charge in [0.1, 0.15) is 23.6 Å². The van der Waals surface area contributed by atoms with Gasteiger partial charge in [-0.05, 0) is 25.7 Å². The van der Waals surface area contributed by atoms with Crippen LogP contribution in [0.5, 0.6) is 11.5 Å². The van der Waals surface area contributed by atoms with Crippen molar-refractivity contribution in [2.75, 3.05) is 19.5 Å². The summed E-state index contributed by atoms with van der Waals surface area (Å²) in [7, 11) is 3.09. The Balaban J connectivity index is 1.59. The lowest BCUT2D eigenvalue weighted by Gasteiger charge is -2.11. The fourth-order valence-corrected chi connectivity index (χ4v) is 3.79. The number of fused-ring (bicyclic) bond motifs is 3. The molecule has 0 aliphatic heterocycles. The molecule has 29 heavy (non-hydrogen) atoms. The van der Waals surface area contributed by atoms with E-state index in [2.05, 4.69) is 10.4 Å². The van der Waals surface area contributed by atoms with E-state index < -0.39 is 0 Å². The number of rotatable bonds is 5. The zero-order valence-corrected chi connectivity index (χ0v) is 16.6. The topological polar surface area (TPSA) is 86.9 Å². The van der Waals surface area contributed by atoms with Gasteiger partial charge in [0, 0.05) is 41.8 Å². The van der Waals surface area contributed by atoms with Crippen LogP contribution in [0.25, 0.3) is 5.52 Å². The third kappa shape index (κ3) is 3.83. The van der Waals surface area contributed by atoms with E-state index in [4.69, 9.17) is 9.47 Å². The van der Waals surface area contributed by atoms with Crippen molar-refractivity contribution in [3.05, 3.63) is 52.2 Å². The van der Waals surface area contributed by atoms with Crippen LogP contribution in [0.1, 0.15) is 30.5 Å². The summed E-state index contributed by atoms with van der Waals surface area (Å²) in [6.07, 6.45) is 8.40. The van der Waals surface area contributed by atoms with Crippen molar-refractivity contribution < 1.29 is 14.3 Å². The number of amides is 1. The molecule has 0 bridgehead atoms. The van der Waals surface area contributed by atoms with E-state index in [9.17, 15) is 9.59 Å². The maximum absolute atomic E-state index is 13.0. The first kappa shape index (κ1) is 19.0. The molecule has 152 valence electrons. The molecular formula is C21H24N4O4. The summed E-state index contributed by atoms with van der Waals surface area (Å²) >= 11 is 0. The lowest BCUT2D eigenvalue weighted by atomic mass is 10.1. The van der Waals surface area contributed by atoms with E-state index in [0.717, 1.165) is 43.4 Å². The molecule has 1 aromatic carbocycles. The Morgan fingerprint density at radius 1 is 1.07 bits per heavy atom. The Kier molecular flexibility index (Phi) is 5.24. The number of methoxy groups -OCH3 is 2. The molecule has 0 unspecified atom stereocenters. The number of ether oxygens (including phenoxy) is 2. The molecule has 0 atom stereocenters. The number of aromatic nitrogens is 3. The number of nitrogens with one attached hydrogen (secondary N) is 1. The molecule has 8 heteroatoms. The smallest absolute Gasteiger partial charge is 0.277 e. The number of nitrogens with zero attached hydrogens (tertiary/aromatic N) is 3. The number of hydrogen-bond acceptors (Lipinski definition) is 5. The second-order valence-electron chi connectivity index (χ2n) is 7.16. The molecule has 1 N–H and O–H groups in total. The molecule has 1 amide bonds. The lowest BCUT2D eigenvalue weighted by Crippen LogP contribution is -2.28. The Morgan fingerprint density at radius 2 is 1.79 bits per heavy atom. The molecule has 0 saturated heterocycles. The summed E-state index contributed by atoms with van der Waals surface area (Å²) in [6, 6.07) is 5.12. The van der Waals surface area contributed by atoms with Crippen LogP contribution in [0, 0.1) is 0 Å². The summed E-state index contributed by atoms with van der Waals surface area (Å²) in [5.41, 5.74) is 2.96. The van der Waals surface area contributed by atoms with E-state index in [-0.39, 0.29) is 18.0 Å². The quantitative estimate of drug-likeness (QED) is 0.670. The summed E-state index contributed by atoms with van der Waals surface area (Å²) in [5, 5.41) is 7.38. The van der Waals surface area contributed by atoms with Gasteiger partial charge in [0.15, 0.2) is 0 Å². The summed E-state index contributed by atoms with van der Waals surface area (Å²) in [4.78, 5) is 25.6. The minimum absolute atomic E-state index is 0.0885. The molecule has 3 aromatic rings. The first-order chi connectivity index (χ1) is 14.1. The van der Waals surface area contributed by atoms with Crippen LogP contribution in [0.3, 0.4) is 0 Å². The predicted molar refractivity (Wildman–Crippen MR) is 109 cm³/mol. The molecule has 2 aromatic heterocycles. The van der Waals surface area contributed by atoms with Crippen LogP contribution in [-0.4, -0.2) is 34.3 Å². The van der Waals surface area contributed by atoms with Crippen LogP contribution in [0.15, 0.2) is 35.4 Å². The van der Waals surface area contributed by atoms with Crippen LogP contribution in [0.4, 0.5) is 5.69 Å². The van der Waals surface area contributed by atoms with Gasteiger partial charge in [-0.25, -0.2) is 4.52 Å². The SMILES string of the molecule is COc1cc(NC(=O)Cn2ccn3nc4c(c3c2=O)CCCCC4)cc(OC)c1. The van der Waals surface area contributed by atoms with E-state index in [1.807, 2.05) is 0 Å². The van der Waals surface area contributed by atoms with Crippen molar-refractivity contribution in [2.24, 2.45) is 0 Å². The Hall–Kier alpha value is -3.29. The van der Waals surface area contributed by atoms with Crippen LogP contribution >= 0.6 is 0 Å². The predicted octanol–water partition coefficient (Wildman–Crippen LogP) is 2.42. The molecule has 0 saturated carbocycles. The highest BCUT2D eigenvalue weighted by molar-refractivity contribution is 5.91. The van der Waals surface area contributed by atoms with Gasteiger partial charge in [0.25, 0.3) is 5.56 Å². The maximum atomic E-state index is 13.0. The van der Waals surface area contributed by atoms with Crippen molar-refractivity contribution in [1.82, 2.24) is 14.2 Å². The third-order valence-electron chi connectivity index (χ3n) is 5.23. The largest absolute Gasteiger partial charge is 0.497 e. The number of aryl methyl sites for hydroxylation is 2. The number of hydrogen-bond donors (Lipinski definition) is 1. The minimum Gasteiger partial charge on any atom is -0.497 e. The van der Waals surface area contributed by atoms with Crippen molar-refractivity contribution in [3.63, 3.8) is 0 Å². The number of anilines is 1. The fourth-order valence-electron chi connectivity index (χ4n) is 3.79. The molecule has 4 rings (SSSR count). The zero-order valence-electron chi connectivity index (χ0n) is 16.6. The summed E-state index contributed by atoms with van der Waals surface area (Å²) in [5.74, 6) is 0.831. The van der Waals surface area contributed by atoms with Crippen LogP contribution in [0.2, 0.25) is 0 Å². The summed E-state index contributed by atoms with van der Waals surface area (Å²) in [6.45, 7) is -0.0885. The molecule has 8 nitrogen and oxygen atoms in total. The van der Waals surface area contributed by atoms with Crippen molar-refractivity contribution in [1.29, 1.82) is 0 Å². The number of benzene rings is 1. The Bertz CT molecular complexity index is 1090. The van der Waals surface area contributed by atoms with Crippen molar-refractivity contribution >= 4 is 17.1 Å². The Morgan fingerprint density at radius 3 is 2.52 bits per heavy atom. The first-order valence-corrected chi connectivity index (χ1v) is 9.71. The highest BCUT2D eigenvalue weighted by atomic mass is 16.5.